The van der Waals surface area contributed by atoms with Crippen molar-refractivity contribution in [3.63, 3.8) is 0 Å². The number of anilines is 1. The van der Waals surface area contributed by atoms with Crippen molar-refractivity contribution >= 4 is 11.9 Å². The number of amides is 1. The van der Waals surface area contributed by atoms with E-state index in [1.165, 1.54) is 4.90 Å². The molecule has 0 radical (unpaired) electrons. The molecular formula is C14H17F3N4O2. The number of aromatic nitrogens is 2. The number of nitrogens with zero attached hydrogens (tertiary/aromatic N) is 4. The van der Waals surface area contributed by atoms with Gasteiger partial charge in [-0.1, -0.05) is 0 Å². The standard InChI is InChI=1S/C14H17F3N4O2/c15-14(16,17)2-1-12(22)21-8-10-7-18-13(19-11(10)9-21)20-3-5-23-6-4-20/h7H,1-6,8-9H2. The van der Waals surface area contributed by atoms with Gasteiger partial charge in [-0.05, 0) is 0 Å². The first kappa shape index (κ1) is 16.0. The zero-order valence-electron chi connectivity index (χ0n) is 12.5. The number of carbonyl (C=O) groups is 1. The average Bonchev–Trinajstić information content (AvgIpc) is 2.96. The first-order valence-corrected chi connectivity index (χ1v) is 7.44. The molecule has 0 N–H and O–H groups in total. The zero-order valence-corrected chi connectivity index (χ0v) is 12.5. The van der Waals surface area contributed by atoms with Crippen molar-refractivity contribution in [3.05, 3.63) is 17.5 Å². The molecule has 1 aromatic heterocycles. The van der Waals surface area contributed by atoms with E-state index in [0.29, 0.717) is 37.9 Å². The van der Waals surface area contributed by atoms with E-state index in [1.807, 2.05) is 4.90 Å². The van der Waals surface area contributed by atoms with Crippen LogP contribution in [0.25, 0.3) is 0 Å². The molecule has 126 valence electrons. The van der Waals surface area contributed by atoms with Crippen LogP contribution in [0, 0.1) is 0 Å². The number of halogens is 3. The minimum atomic E-state index is -4.31. The maximum Gasteiger partial charge on any atom is 0.389 e. The Bertz CT molecular complexity index is 588. The summed E-state index contributed by atoms with van der Waals surface area (Å²) in [4.78, 5) is 24.0. The molecule has 0 aromatic carbocycles. The predicted octanol–water partition coefficient (Wildman–Crippen LogP) is 1.50. The average molecular weight is 330 g/mol. The van der Waals surface area contributed by atoms with Crippen molar-refractivity contribution in [2.75, 3.05) is 31.2 Å². The third kappa shape index (κ3) is 3.90. The molecule has 0 bridgehead atoms. The first-order chi connectivity index (χ1) is 10.9. The van der Waals surface area contributed by atoms with Gasteiger partial charge in [-0.25, -0.2) is 9.97 Å². The Morgan fingerprint density at radius 1 is 1.26 bits per heavy atom. The van der Waals surface area contributed by atoms with Gasteiger partial charge in [0.25, 0.3) is 0 Å². The second-order valence-electron chi connectivity index (χ2n) is 5.61. The molecule has 3 heterocycles. The highest BCUT2D eigenvalue weighted by Gasteiger charge is 2.31. The van der Waals surface area contributed by atoms with E-state index in [2.05, 4.69) is 9.97 Å². The molecule has 1 amide bonds. The largest absolute Gasteiger partial charge is 0.389 e. The molecule has 0 spiro atoms. The summed E-state index contributed by atoms with van der Waals surface area (Å²) >= 11 is 0. The fourth-order valence-corrected chi connectivity index (χ4v) is 2.64. The Morgan fingerprint density at radius 3 is 2.70 bits per heavy atom. The molecular weight excluding hydrogens is 313 g/mol. The van der Waals surface area contributed by atoms with E-state index < -0.39 is 24.9 Å². The molecule has 3 rings (SSSR count). The molecule has 9 heteroatoms. The molecule has 1 aromatic rings. The summed E-state index contributed by atoms with van der Waals surface area (Å²) in [6.45, 7) is 3.15. The van der Waals surface area contributed by atoms with Gasteiger partial charge in [-0.15, -0.1) is 0 Å². The van der Waals surface area contributed by atoms with Crippen molar-refractivity contribution in [1.82, 2.24) is 14.9 Å². The van der Waals surface area contributed by atoms with Gasteiger partial charge >= 0.3 is 6.18 Å². The number of carbonyl (C=O) groups excluding carboxylic acids is 1. The Morgan fingerprint density at radius 2 is 2.00 bits per heavy atom. The molecule has 0 aliphatic carbocycles. The van der Waals surface area contributed by atoms with Crippen LogP contribution in [-0.2, 0) is 22.6 Å². The van der Waals surface area contributed by atoms with Crippen molar-refractivity contribution in [1.29, 1.82) is 0 Å². The maximum absolute atomic E-state index is 12.2. The van der Waals surface area contributed by atoms with E-state index >= 15 is 0 Å². The summed E-state index contributed by atoms with van der Waals surface area (Å²) in [5, 5.41) is 0. The Labute approximate surface area is 131 Å². The van der Waals surface area contributed by atoms with Crippen LogP contribution in [0.5, 0.6) is 0 Å². The van der Waals surface area contributed by atoms with Gasteiger partial charge in [-0.2, -0.15) is 13.2 Å². The topological polar surface area (TPSA) is 58.6 Å². The highest BCUT2D eigenvalue weighted by molar-refractivity contribution is 5.76. The van der Waals surface area contributed by atoms with Crippen LogP contribution in [0.4, 0.5) is 19.1 Å². The van der Waals surface area contributed by atoms with E-state index in [-0.39, 0.29) is 13.1 Å². The van der Waals surface area contributed by atoms with E-state index in [1.54, 1.807) is 6.20 Å². The minimum absolute atomic E-state index is 0.242. The second kappa shape index (κ2) is 6.31. The third-order valence-corrected chi connectivity index (χ3v) is 3.91. The number of hydrogen-bond acceptors (Lipinski definition) is 5. The van der Waals surface area contributed by atoms with Gasteiger partial charge in [0.05, 0.1) is 31.9 Å². The van der Waals surface area contributed by atoms with Crippen LogP contribution in [0.1, 0.15) is 24.1 Å². The maximum atomic E-state index is 12.2. The lowest BCUT2D eigenvalue weighted by Crippen LogP contribution is -2.37. The molecule has 0 saturated carbocycles. The Kier molecular flexibility index (Phi) is 4.38. The summed E-state index contributed by atoms with van der Waals surface area (Å²) in [6.07, 6.45) is -4.28. The molecule has 2 aliphatic heterocycles. The number of ether oxygens (including phenoxy) is 1. The van der Waals surface area contributed by atoms with Gasteiger partial charge in [0.1, 0.15) is 0 Å². The van der Waals surface area contributed by atoms with Gasteiger partial charge in [-0.3, -0.25) is 4.79 Å². The smallest absolute Gasteiger partial charge is 0.378 e. The highest BCUT2D eigenvalue weighted by atomic mass is 19.4. The second-order valence-corrected chi connectivity index (χ2v) is 5.61. The summed E-state index contributed by atoms with van der Waals surface area (Å²) in [7, 11) is 0. The van der Waals surface area contributed by atoms with E-state index in [9.17, 15) is 18.0 Å². The van der Waals surface area contributed by atoms with Gasteiger partial charge in [0.15, 0.2) is 0 Å². The quantitative estimate of drug-likeness (QED) is 0.841. The van der Waals surface area contributed by atoms with Crippen LogP contribution in [0.15, 0.2) is 6.20 Å². The Balaban J connectivity index is 1.63. The van der Waals surface area contributed by atoms with Crippen LogP contribution in [0.2, 0.25) is 0 Å². The number of morpholine rings is 1. The minimum Gasteiger partial charge on any atom is -0.378 e. The molecule has 1 fully saturated rings. The van der Waals surface area contributed by atoms with Gasteiger partial charge < -0.3 is 14.5 Å². The lowest BCUT2D eigenvalue weighted by atomic mass is 10.2. The van der Waals surface area contributed by atoms with E-state index in [0.717, 1.165) is 5.56 Å². The monoisotopic (exact) mass is 330 g/mol. The molecule has 1 saturated heterocycles. The van der Waals surface area contributed by atoms with Gasteiger partial charge in [0.2, 0.25) is 11.9 Å². The lowest BCUT2D eigenvalue weighted by Gasteiger charge is -2.26. The van der Waals surface area contributed by atoms with Crippen molar-refractivity contribution in [2.45, 2.75) is 32.1 Å². The van der Waals surface area contributed by atoms with E-state index in [4.69, 9.17) is 4.74 Å². The molecule has 0 atom stereocenters. The summed E-state index contributed by atoms with van der Waals surface area (Å²) in [5.74, 6) is 0.0740. The summed E-state index contributed by atoms with van der Waals surface area (Å²) in [5.41, 5.74) is 1.50. The number of hydrogen-bond donors (Lipinski definition) is 0. The van der Waals surface area contributed by atoms with Gasteiger partial charge in [0, 0.05) is 37.8 Å². The lowest BCUT2D eigenvalue weighted by molar-refractivity contribution is -0.149. The summed E-state index contributed by atoms with van der Waals surface area (Å²) < 4.78 is 41.9. The molecule has 23 heavy (non-hydrogen) atoms. The highest BCUT2D eigenvalue weighted by Crippen LogP contribution is 2.26. The summed E-state index contributed by atoms with van der Waals surface area (Å²) in [6, 6.07) is 0. The SMILES string of the molecule is O=C(CCC(F)(F)F)N1Cc2cnc(N3CCOCC3)nc2C1. The van der Waals surface area contributed by atoms with Crippen molar-refractivity contribution < 1.29 is 22.7 Å². The van der Waals surface area contributed by atoms with Crippen LogP contribution < -0.4 is 4.90 Å². The van der Waals surface area contributed by atoms with Crippen LogP contribution in [0.3, 0.4) is 0 Å². The normalized spacial score (nSPS) is 18.2. The Hall–Kier alpha value is -1.90. The fourth-order valence-electron chi connectivity index (χ4n) is 2.64. The van der Waals surface area contributed by atoms with Crippen LogP contribution in [-0.4, -0.2) is 53.3 Å². The first-order valence-electron chi connectivity index (χ1n) is 7.44. The molecule has 6 nitrogen and oxygen atoms in total. The number of alkyl halides is 3. The third-order valence-electron chi connectivity index (χ3n) is 3.91. The van der Waals surface area contributed by atoms with Crippen molar-refractivity contribution in [3.8, 4) is 0 Å². The van der Waals surface area contributed by atoms with Crippen LogP contribution >= 0.6 is 0 Å². The van der Waals surface area contributed by atoms with Crippen molar-refractivity contribution in [2.24, 2.45) is 0 Å². The number of rotatable bonds is 3. The molecule has 0 unspecified atom stereocenters. The molecule has 2 aliphatic rings. The zero-order chi connectivity index (χ0) is 16.4. The fraction of sp³-hybridized carbons (Fsp3) is 0.643. The predicted molar refractivity (Wildman–Crippen MR) is 74.6 cm³/mol. The number of fused-ring (bicyclic) bond motifs is 1.